The van der Waals surface area contributed by atoms with E-state index in [1.165, 1.54) is 6.26 Å². The van der Waals surface area contributed by atoms with Gasteiger partial charge in [0.25, 0.3) is 0 Å². The minimum Gasteiger partial charge on any atom is -0.467 e. The van der Waals surface area contributed by atoms with Gasteiger partial charge in [-0.3, -0.25) is 4.79 Å². The summed E-state index contributed by atoms with van der Waals surface area (Å²) in [5.74, 6) is -0.544. The van der Waals surface area contributed by atoms with E-state index < -0.39 is 24.5 Å². The third-order valence-corrected chi connectivity index (χ3v) is 3.18. The average Bonchev–Trinajstić information content (AvgIpc) is 2.89. The minimum atomic E-state index is -4.42. The van der Waals surface area contributed by atoms with Gasteiger partial charge in [0.2, 0.25) is 5.91 Å². The zero-order valence-electron chi connectivity index (χ0n) is 10.9. The topological polar surface area (TPSA) is 42.7 Å². The molecule has 0 unspecified atom stereocenters. The molecule has 0 aliphatic carbocycles. The molecule has 0 saturated carbocycles. The highest BCUT2D eigenvalue weighted by molar-refractivity contribution is 5.79. The molecule has 4 nitrogen and oxygen atoms in total. The van der Waals surface area contributed by atoms with Gasteiger partial charge in [-0.1, -0.05) is 0 Å². The molecule has 0 aromatic carbocycles. The number of hydrogen-bond donors (Lipinski definition) is 0. The van der Waals surface area contributed by atoms with Gasteiger partial charge in [-0.15, -0.1) is 0 Å². The third kappa shape index (κ3) is 4.26. The third-order valence-electron chi connectivity index (χ3n) is 3.18. The molecule has 1 aromatic heterocycles. The average molecular weight is 291 g/mol. The van der Waals surface area contributed by atoms with E-state index in [0.717, 1.165) is 4.90 Å². The molecule has 2 heterocycles. The predicted octanol–water partition coefficient (Wildman–Crippen LogP) is 2.60. The van der Waals surface area contributed by atoms with E-state index in [4.69, 9.17) is 9.15 Å². The zero-order valence-corrected chi connectivity index (χ0v) is 10.9. The van der Waals surface area contributed by atoms with Gasteiger partial charge in [0.15, 0.2) is 0 Å². The number of halogens is 3. The van der Waals surface area contributed by atoms with E-state index in [1.54, 1.807) is 12.1 Å². The lowest BCUT2D eigenvalue weighted by Gasteiger charge is -2.29. The molecule has 0 bridgehead atoms. The summed E-state index contributed by atoms with van der Waals surface area (Å²) in [7, 11) is 0. The number of amides is 1. The summed E-state index contributed by atoms with van der Waals surface area (Å²) in [6.07, 6.45) is -2.12. The van der Waals surface area contributed by atoms with Gasteiger partial charge >= 0.3 is 6.18 Å². The fraction of sp³-hybridized carbons (Fsp3) is 0.615. The number of furan rings is 1. The van der Waals surface area contributed by atoms with Crippen molar-refractivity contribution in [2.75, 3.05) is 19.8 Å². The van der Waals surface area contributed by atoms with Crippen molar-refractivity contribution < 1.29 is 27.1 Å². The van der Waals surface area contributed by atoms with Crippen LogP contribution in [0.4, 0.5) is 13.2 Å². The molecule has 7 heteroatoms. The number of ether oxygens (including phenoxy) is 1. The van der Waals surface area contributed by atoms with E-state index in [0.29, 0.717) is 31.8 Å². The van der Waals surface area contributed by atoms with Crippen LogP contribution < -0.4 is 0 Å². The Morgan fingerprint density at radius 1 is 1.35 bits per heavy atom. The summed E-state index contributed by atoms with van der Waals surface area (Å²) >= 11 is 0. The van der Waals surface area contributed by atoms with Gasteiger partial charge in [-0.2, -0.15) is 13.2 Å². The van der Waals surface area contributed by atoms with Crippen molar-refractivity contribution in [2.24, 2.45) is 5.92 Å². The van der Waals surface area contributed by atoms with Crippen LogP contribution >= 0.6 is 0 Å². The van der Waals surface area contributed by atoms with Crippen molar-refractivity contribution in [3.8, 4) is 0 Å². The molecule has 1 fully saturated rings. The van der Waals surface area contributed by atoms with Crippen molar-refractivity contribution >= 4 is 5.91 Å². The lowest BCUT2D eigenvalue weighted by atomic mass is 9.98. The second-order valence-corrected chi connectivity index (χ2v) is 4.78. The van der Waals surface area contributed by atoms with Crippen molar-refractivity contribution in [3.05, 3.63) is 24.2 Å². The summed E-state index contributed by atoms with van der Waals surface area (Å²) in [6.45, 7) is -0.597. The molecule has 2 rings (SSSR count). The Morgan fingerprint density at radius 2 is 2.05 bits per heavy atom. The van der Waals surface area contributed by atoms with Crippen LogP contribution in [-0.4, -0.2) is 36.7 Å². The standard InChI is InChI=1S/C13H16F3NO3/c14-13(15,16)9-17(8-11-2-1-5-20-11)12(18)10-3-6-19-7-4-10/h1-2,5,10H,3-4,6-9H2. The molecule has 1 aliphatic rings. The predicted molar refractivity (Wildman–Crippen MR) is 63.7 cm³/mol. The molecule has 112 valence electrons. The smallest absolute Gasteiger partial charge is 0.406 e. The number of rotatable bonds is 4. The quantitative estimate of drug-likeness (QED) is 0.856. The second kappa shape index (κ2) is 6.30. The Bertz CT molecular complexity index is 425. The van der Waals surface area contributed by atoms with Gasteiger partial charge in [0.1, 0.15) is 12.3 Å². The Labute approximate surface area is 114 Å². The molecule has 1 aliphatic heterocycles. The molecule has 0 N–H and O–H groups in total. The Kier molecular flexibility index (Phi) is 4.69. The molecule has 1 saturated heterocycles. The second-order valence-electron chi connectivity index (χ2n) is 4.78. The first kappa shape index (κ1) is 14.9. The fourth-order valence-corrected chi connectivity index (χ4v) is 2.22. The fourth-order valence-electron chi connectivity index (χ4n) is 2.22. The first-order chi connectivity index (χ1) is 9.46. The Morgan fingerprint density at radius 3 is 2.60 bits per heavy atom. The summed E-state index contributed by atoms with van der Waals surface area (Å²) in [4.78, 5) is 13.0. The van der Waals surface area contributed by atoms with Crippen LogP contribution in [-0.2, 0) is 16.1 Å². The minimum absolute atomic E-state index is 0.164. The summed E-state index contributed by atoms with van der Waals surface area (Å²) in [6, 6.07) is 3.14. The maximum atomic E-state index is 12.6. The normalized spacial score (nSPS) is 17.1. The molecule has 1 aromatic rings. The first-order valence-corrected chi connectivity index (χ1v) is 6.41. The molecular formula is C13H16F3NO3. The van der Waals surface area contributed by atoms with Crippen LogP contribution in [0.3, 0.4) is 0 Å². The SMILES string of the molecule is O=C(C1CCOCC1)N(Cc1ccco1)CC(F)(F)F. The van der Waals surface area contributed by atoms with E-state index in [9.17, 15) is 18.0 Å². The number of carbonyl (C=O) groups is 1. The van der Waals surface area contributed by atoms with Crippen LogP contribution in [0.25, 0.3) is 0 Å². The first-order valence-electron chi connectivity index (χ1n) is 6.41. The van der Waals surface area contributed by atoms with Crippen molar-refractivity contribution in [3.63, 3.8) is 0 Å². The highest BCUT2D eigenvalue weighted by atomic mass is 19.4. The summed E-state index contributed by atoms with van der Waals surface area (Å²) < 4.78 is 48.0. The number of carbonyl (C=O) groups excluding carboxylic acids is 1. The van der Waals surface area contributed by atoms with Crippen LogP contribution in [0.5, 0.6) is 0 Å². The van der Waals surface area contributed by atoms with Crippen molar-refractivity contribution in [2.45, 2.75) is 25.6 Å². The van der Waals surface area contributed by atoms with Gasteiger partial charge in [0, 0.05) is 19.1 Å². The maximum absolute atomic E-state index is 12.6. The van der Waals surface area contributed by atoms with Crippen molar-refractivity contribution in [1.82, 2.24) is 4.90 Å². The molecule has 0 atom stereocenters. The van der Waals surface area contributed by atoms with Gasteiger partial charge in [-0.05, 0) is 25.0 Å². The lowest BCUT2D eigenvalue weighted by Crippen LogP contribution is -2.43. The Hall–Kier alpha value is -1.50. The molecule has 20 heavy (non-hydrogen) atoms. The molecule has 1 amide bonds. The van der Waals surface area contributed by atoms with Gasteiger partial charge in [0.05, 0.1) is 12.8 Å². The van der Waals surface area contributed by atoms with E-state index in [-0.39, 0.29) is 6.54 Å². The largest absolute Gasteiger partial charge is 0.467 e. The molecular weight excluding hydrogens is 275 g/mol. The van der Waals surface area contributed by atoms with E-state index >= 15 is 0 Å². The monoisotopic (exact) mass is 291 g/mol. The molecule has 0 radical (unpaired) electrons. The number of alkyl halides is 3. The molecule has 0 spiro atoms. The lowest BCUT2D eigenvalue weighted by molar-refractivity contribution is -0.167. The van der Waals surface area contributed by atoms with Gasteiger partial charge < -0.3 is 14.1 Å². The van der Waals surface area contributed by atoms with Gasteiger partial charge in [-0.25, -0.2) is 0 Å². The van der Waals surface area contributed by atoms with E-state index in [1.807, 2.05) is 0 Å². The maximum Gasteiger partial charge on any atom is 0.406 e. The number of hydrogen-bond acceptors (Lipinski definition) is 3. The highest BCUT2D eigenvalue weighted by Crippen LogP contribution is 2.23. The van der Waals surface area contributed by atoms with Crippen LogP contribution in [0.15, 0.2) is 22.8 Å². The van der Waals surface area contributed by atoms with Crippen LogP contribution in [0, 0.1) is 5.92 Å². The summed E-state index contributed by atoms with van der Waals surface area (Å²) in [5.41, 5.74) is 0. The zero-order chi connectivity index (χ0) is 14.6. The van der Waals surface area contributed by atoms with Crippen LogP contribution in [0.2, 0.25) is 0 Å². The number of nitrogens with zero attached hydrogens (tertiary/aromatic N) is 1. The Balaban J connectivity index is 2.06. The van der Waals surface area contributed by atoms with Crippen LogP contribution in [0.1, 0.15) is 18.6 Å². The highest BCUT2D eigenvalue weighted by Gasteiger charge is 2.36. The van der Waals surface area contributed by atoms with Crippen molar-refractivity contribution in [1.29, 1.82) is 0 Å². The van der Waals surface area contributed by atoms with E-state index in [2.05, 4.69) is 0 Å². The summed E-state index contributed by atoms with van der Waals surface area (Å²) in [5, 5.41) is 0.